The predicted molar refractivity (Wildman–Crippen MR) is 71.9 cm³/mol. The molecule has 2 N–H and O–H groups in total. The number of aliphatic carboxylic acids is 1. The van der Waals surface area contributed by atoms with E-state index in [1.54, 1.807) is 0 Å². The molecule has 1 aliphatic heterocycles. The minimum absolute atomic E-state index is 0.00742. The molecule has 0 aromatic heterocycles. The van der Waals surface area contributed by atoms with Crippen LogP contribution in [0.1, 0.15) is 45.4 Å². The number of hydrogen-bond acceptors (Lipinski definition) is 2. The molecule has 5 nitrogen and oxygen atoms in total. The van der Waals surface area contributed by atoms with Crippen molar-refractivity contribution < 1.29 is 14.7 Å². The summed E-state index contributed by atoms with van der Waals surface area (Å²) in [6.45, 7) is 3.83. The minimum atomic E-state index is -0.730. The van der Waals surface area contributed by atoms with Crippen molar-refractivity contribution in [2.24, 2.45) is 11.8 Å². The molecule has 2 amide bonds. The van der Waals surface area contributed by atoms with Gasteiger partial charge in [0.2, 0.25) is 0 Å². The van der Waals surface area contributed by atoms with E-state index in [9.17, 15) is 9.59 Å². The molecule has 19 heavy (non-hydrogen) atoms. The van der Waals surface area contributed by atoms with E-state index in [-0.39, 0.29) is 18.0 Å². The van der Waals surface area contributed by atoms with Crippen LogP contribution in [0.5, 0.6) is 0 Å². The molecular weight excluding hydrogens is 244 g/mol. The molecule has 0 spiro atoms. The molecule has 0 radical (unpaired) electrons. The Morgan fingerprint density at radius 1 is 1.32 bits per heavy atom. The van der Waals surface area contributed by atoms with Gasteiger partial charge in [0.1, 0.15) is 0 Å². The smallest absolute Gasteiger partial charge is 0.317 e. The largest absolute Gasteiger partial charge is 0.481 e. The third-order valence-corrected chi connectivity index (χ3v) is 4.50. The van der Waals surface area contributed by atoms with Gasteiger partial charge in [0.15, 0.2) is 0 Å². The molecule has 0 aromatic rings. The van der Waals surface area contributed by atoms with E-state index < -0.39 is 5.97 Å². The average Bonchev–Trinajstić information content (AvgIpc) is 2.88. The first-order chi connectivity index (χ1) is 9.10. The molecule has 5 heteroatoms. The van der Waals surface area contributed by atoms with E-state index in [1.165, 1.54) is 0 Å². The fraction of sp³-hybridized carbons (Fsp3) is 0.857. The summed E-state index contributed by atoms with van der Waals surface area (Å²) in [4.78, 5) is 25.0. The van der Waals surface area contributed by atoms with Crippen LogP contribution in [0.15, 0.2) is 0 Å². The Morgan fingerprint density at radius 3 is 2.74 bits per heavy atom. The van der Waals surface area contributed by atoms with E-state index in [0.717, 1.165) is 45.2 Å². The maximum Gasteiger partial charge on any atom is 0.317 e. The van der Waals surface area contributed by atoms with Crippen LogP contribution < -0.4 is 5.32 Å². The van der Waals surface area contributed by atoms with Crippen LogP contribution in [0.4, 0.5) is 4.79 Å². The number of carbonyl (C=O) groups is 2. The molecule has 3 atom stereocenters. The summed E-state index contributed by atoms with van der Waals surface area (Å²) >= 11 is 0. The third-order valence-electron chi connectivity index (χ3n) is 4.50. The summed E-state index contributed by atoms with van der Waals surface area (Å²) in [7, 11) is 0. The Balaban J connectivity index is 1.80. The highest BCUT2D eigenvalue weighted by molar-refractivity contribution is 5.75. The number of rotatable bonds is 3. The monoisotopic (exact) mass is 268 g/mol. The Labute approximate surface area is 114 Å². The Kier molecular flexibility index (Phi) is 4.66. The Bertz CT molecular complexity index is 346. The van der Waals surface area contributed by atoms with Gasteiger partial charge in [0.25, 0.3) is 0 Å². The fourth-order valence-electron chi connectivity index (χ4n) is 3.16. The number of amides is 2. The van der Waals surface area contributed by atoms with Crippen LogP contribution in [-0.2, 0) is 4.79 Å². The lowest BCUT2D eigenvalue weighted by atomic mass is 9.86. The zero-order valence-corrected chi connectivity index (χ0v) is 11.6. The number of nitrogens with one attached hydrogen (secondary N) is 1. The number of carboxylic acids is 1. The lowest BCUT2D eigenvalue weighted by Crippen LogP contribution is -2.46. The van der Waals surface area contributed by atoms with Crippen LogP contribution in [-0.4, -0.2) is 41.1 Å². The highest BCUT2D eigenvalue weighted by atomic mass is 16.4. The summed E-state index contributed by atoms with van der Waals surface area (Å²) < 4.78 is 0. The zero-order chi connectivity index (χ0) is 13.8. The second-order valence-corrected chi connectivity index (χ2v) is 5.86. The molecule has 0 aromatic carbocycles. The van der Waals surface area contributed by atoms with Gasteiger partial charge in [-0.1, -0.05) is 19.8 Å². The predicted octanol–water partition coefficient (Wildman–Crippen LogP) is 2.07. The summed E-state index contributed by atoms with van der Waals surface area (Å²) in [5, 5.41) is 12.1. The molecule has 1 heterocycles. The van der Waals surface area contributed by atoms with Gasteiger partial charge in [-0.15, -0.1) is 0 Å². The number of hydrogen-bond donors (Lipinski definition) is 2. The minimum Gasteiger partial charge on any atom is -0.481 e. The quantitative estimate of drug-likeness (QED) is 0.823. The van der Waals surface area contributed by atoms with Crippen molar-refractivity contribution in [1.82, 2.24) is 10.2 Å². The average molecular weight is 268 g/mol. The second-order valence-electron chi connectivity index (χ2n) is 5.86. The van der Waals surface area contributed by atoms with Crippen LogP contribution in [0.2, 0.25) is 0 Å². The number of urea groups is 1. The molecule has 108 valence electrons. The molecular formula is C14H24N2O3. The van der Waals surface area contributed by atoms with Crippen molar-refractivity contribution in [3.05, 3.63) is 0 Å². The van der Waals surface area contributed by atoms with E-state index >= 15 is 0 Å². The van der Waals surface area contributed by atoms with Gasteiger partial charge in [-0.2, -0.15) is 0 Å². The highest BCUT2D eigenvalue weighted by Gasteiger charge is 2.30. The normalized spacial score (nSPS) is 31.2. The maximum absolute atomic E-state index is 12.1. The van der Waals surface area contributed by atoms with Crippen molar-refractivity contribution in [1.29, 1.82) is 0 Å². The molecule has 1 aliphatic carbocycles. The molecule has 0 bridgehead atoms. The standard InChI is InChI=1S/C14H24N2O3/c1-2-10-6-7-16(9-10)14(19)15-12-5-3-4-11(8-12)13(17)18/h10-12H,2-9H2,1H3,(H,15,19)(H,17,18). The van der Waals surface area contributed by atoms with Gasteiger partial charge >= 0.3 is 12.0 Å². The first-order valence-corrected chi connectivity index (χ1v) is 7.38. The van der Waals surface area contributed by atoms with Crippen LogP contribution in [0.25, 0.3) is 0 Å². The first kappa shape index (κ1) is 14.2. The number of carbonyl (C=O) groups excluding carboxylic acids is 1. The van der Waals surface area contributed by atoms with Crippen LogP contribution in [0.3, 0.4) is 0 Å². The van der Waals surface area contributed by atoms with E-state index in [4.69, 9.17) is 5.11 Å². The fourth-order valence-corrected chi connectivity index (χ4v) is 3.16. The SMILES string of the molecule is CCC1CCN(C(=O)NC2CCCC(C(=O)O)C2)C1. The van der Waals surface area contributed by atoms with Crippen LogP contribution in [0, 0.1) is 11.8 Å². The molecule has 3 unspecified atom stereocenters. The molecule has 2 fully saturated rings. The molecule has 1 saturated carbocycles. The molecule has 2 aliphatic rings. The summed E-state index contributed by atoms with van der Waals surface area (Å²) in [5.74, 6) is -0.393. The van der Waals surface area contributed by atoms with Gasteiger partial charge in [0.05, 0.1) is 5.92 Å². The van der Waals surface area contributed by atoms with Crippen molar-refractivity contribution in [2.75, 3.05) is 13.1 Å². The number of likely N-dealkylation sites (tertiary alicyclic amines) is 1. The summed E-state index contributed by atoms with van der Waals surface area (Å²) in [6.07, 6.45) is 5.32. The number of carboxylic acid groups (broad SMARTS) is 1. The Hall–Kier alpha value is -1.26. The highest BCUT2D eigenvalue weighted by Crippen LogP contribution is 2.25. The van der Waals surface area contributed by atoms with Gasteiger partial charge in [-0.3, -0.25) is 4.79 Å². The van der Waals surface area contributed by atoms with Crippen molar-refractivity contribution >= 4 is 12.0 Å². The van der Waals surface area contributed by atoms with E-state index in [1.807, 2.05) is 4.90 Å². The first-order valence-electron chi connectivity index (χ1n) is 7.38. The van der Waals surface area contributed by atoms with Gasteiger partial charge < -0.3 is 15.3 Å². The van der Waals surface area contributed by atoms with Gasteiger partial charge in [0, 0.05) is 19.1 Å². The summed E-state index contributed by atoms with van der Waals surface area (Å²) in [5.41, 5.74) is 0. The summed E-state index contributed by atoms with van der Waals surface area (Å²) in [6, 6.07) is 0.0232. The Morgan fingerprint density at radius 2 is 2.11 bits per heavy atom. The van der Waals surface area contributed by atoms with E-state index in [2.05, 4.69) is 12.2 Å². The topological polar surface area (TPSA) is 69.6 Å². The lowest BCUT2D eigenvalue weighted by Gasteiger charge is -2.29. The van der Waals surface area contributed by atoms with E-state index in [0.29, 0.717) is 12.3 Å². The van der Waals surface area contributed by atoms with Crippen molar-refractivity contribution in [3.63, 3.8) is 0 Å². The van der Waals surface area contributed by atoms with Gasteiger partial charge in [-0.05, 0) is 31.6 Å². The third kappa shape index (κ3) is 3.61. The zero-order valence-electron chi connectivity index (χ0n) is 11.6. The van der Waals surface area contributed by atoms with Crippen molar-refractivity contribution in [2.45, 2.75) is 51.5 Å². The van der Waals surface area contributed by atoms with Gasteiger partial charge in [-0.25, -0.2) is 4.79 Å². The second kappa shape index (κ2) is 6.26. The maximum atomic E-state index is 12.1. The number of nitrogens with zero attached hydrogens (tertiary/aromatic N) is 1. The van der Waals surface area contributed by atoms with Crippen LogP contribution >= 0.6 is 0 Å². The molecule has 1 saturated heterocycles. The molecule has 2 rings (SSSR count). The lowest BCUT2D eigenvalue weighted by molar-refractivity contribution is -0.143. The van der Waals surface area contributed by atoms with Crippen molar-refractivity contribution in [3.8, 4) is 0 Å².